The SMILES string of the molecule is CC/C=C\C/C=C\C/C=C\C/C=C\C/C=C\C/C=C\CCC(=O)NCC1CCCN1C(=O)CCC/C=C\C/C=C\C/C=C\C/C=C\C/C=C\CC. The molecule has 0 saturated carbocycles. The molecule has 2 amide bonds. The summed E-state index contributed by atoms with van der Waals surface area (Å²) in [4.78, 5) is 27.3. The molecule has 0 spiro atoms. The van der Waals surface area contributed by atoms with Crippen LogP contribution in [0.15, 0.2) is 134 Å². The average molecular weight is 695 g/mol. The minimum absolute atomic E-state index is 0.0622. The van der Waals surface area contributed by atoms with Crippen LogP contribution in [-0.2, 0) is 9.59 Å². The number of carbonyl (C=O) groups is 2. The summed E-state index contributed by atoms with van der Waals surface area (Å²) in [6.07, 6.45) is 64.8. The van der Waals surface area contributed by atoms with Gasteiger partial charge in [0.1, 0.15) is 0 Å². The number of nitrogens with zero attached hydrogens (tertiary/aromatic N) is 1. The van der Waals surface area contributed by atoms with E-state index in [-0.39, 0.29) is 17.9 Å². The van der Waals surface area contributed by atoms with E-state index in [1.165, 1.54) is 0 Å². The fourth-order valence-corrected chi connectivity index (χ4v) is 5.43. The van der Waals surface area contributed by atoms with E-state index in [0.29, 0.717) is 19.4 Å². The molecule has 0 aliphatic carbocycles. The summed E-state index contributed by atoms with van der Waals surface area (Å²) in [7, 11) is 0. The Hall–Kier alpha value is -3.92. The van der Waals surface area contributed by atoms with Crippen molar-refractivity contribution in [2.75, 3.05) is 13.1 Å². The van der Waals surface area contributed by atoms with Gasteiger partial charge < -0.3 is 10.2 Å². The fraction of sp³-hybridized carbons (Fsp3) is 0.489. The molecular weight excluding hydrogens is 625 g/mol. The first-order valence-electron chi connectivity index (χ1n) is 19.9. The zero-order valence-electron chi connectivity index (χ0n) is 32.2. The number of amides is 2. The van der Waals surface area contributed by atoms with Gasteiger partial charge in [-0.1, -0.05) is 148 Å². The highest BCUT2D eigenvalue weighted by molar-refractivity contribution is 5.78. The van der Waals surface area contributed by atoms with Gasteiger partial charge in [0, 0.05) is 32.0 Å². The zero-order valence-corrected chi connectivity index (χ0v) is 32.2. The lowest BCUT2D eigenvalue weighted by atomic mass is 10.1. The van der Waals surface area contributed by atoms with Crippen molar-refractivity contribution >= 4 is 11.8 Å². The van der Waals surface area contributed by atoms with Crippen LogP contribution in [0.1, 0.15) is 129 Å². The largest absolute Gasteiger partial charge is 0.354 e. The van der Waals surface area contributed by atoms with Crippen molar-refractivity contribution in [3.63, 3.8) is 0 Å². The second-order valence-corrected chi connectivity index (χ2v) is 12.7. The molecule has 4 nitrogen and oxygen atoms in total. The van der Waals surface area contributed by atoms with E-state index in [0.717, 1.165) is 109 Å². The van der Waals surface area contributed by atoms with Gasteiger partial charge in [-0.15, -0.1) is 0 Å². The summed E-state index contributed by atoms with van der Waals surface area (Å²) in [6.45, 7) is 5.67. The van der Waals surface area contributed by atoms with Gasteiger partial charge in [0.05, 0.1) is 0 Å². The van der Waals surface area contributed by atoms with Crippen molar-refractivity contribution in [3.8, 4) is 0 Å². The number of hydrogen-bond donors (Lipinski definition) is 1. The van der Waals surface area contributed by atoms with E-state index in [1.807, 2.05) is 4.90 Å². The number of carbonyl (C=O) groups excluding carboxylic acids is 2. The molecule has 1 aliphatic rings. The second-order valence-electron chi connectivity index (χ2n) is 12.7. The summed E-state index contributed by atoms with van der Waals surface area (Å²) >= 11 is 0. The maximum absolute atomic E-state index is 12.9. The van der Waals surface area contributed by atoms with Gasteiger partial charge in [-0.05, 0) is 103 Å². The van der Waals surface area contributed by atoms with E-state index < -0.39 is 0 Å². The van der Waals surface area contributed by atoms with Gasteiger partial charge >= 0.3 is 0 Å². The topological polar surface area (TPSA) is 49.4 Å². The van der Waals surface area contributed by atoms with Crippen molar-refractivity contribution in [1.82, 2.24) is 10.2 Å². The highest BCUT2D eigenvalue weighted by Crippen LogP contribution is 2.18. The highest BCUT2D eigenvalue weighted by atomic mass is 16.2. The Morgan fingerprint density at radius 3 is 1.29 bits per heavy atom. The van der Waals surface area contributed by atoms with Gasteiger partial charge in [0.2, 0.25) is 11.8 Å². The molecule has 1 atom stereocenters. The Kier molecular flexibility index (Phi) is 31.7. The Balaban J connectivity index is 2.08. The number of hydrogen-bond acceptors (Lipinski definition) is 2. The van der Waals surface area contributed by atoms with Crippen LogP contribution in [0, 0.1) is 0 Å². The molecule has 1 aliphatic heterocycles. The molecule has 4 heteroatoms. The van der Waals surface area contributed by atoms with E-state index in [2.05, 4.69) is 153 Å². The molecular formula is C47H70N2O2. The van der Waals surface area contributed by atoms with E-state index in [4.69, 9.17) is 0 Å². The summed E-state index contributed by atoms with van der Waals surface area (Å²) in [6, 6.07) is 0.126. The van der Waals surface area contributed by atoms with E-state index in [1.54, 1.807) is 0 Å². The number of likely N-dealkylation sites (tertiary alicyclic amines) is 1. The quantitative estimate of drug-likeness (QED) is 0.0626. The fourth-order valence-electron chi connectivity index (χ4n) is 5.43. The molecule has 0 bridgehead atoms. The van der Waals surface area contributed by atoms with Crippen molar-refractivity contribution in [2.24, 2.45) is 0 Å². The monoisotopic (exact) mass is 695 g/mol. The van der Waals surface area contributed by atoms with Gasteiger partial charge in [-0.3, -0.25) is 9.59 Å². The molecule has 0 radical (unpaired) electrons. The van der Waals surface area contributed by atoms with Crippen LogP contribution in [-0.4, -0.2) is 35.8 Å². The van der Waals surface area contributed by atoms with Crippen molar-refractivity contribution in [3.05, 3.63) is 134 Å². The first-order valence-corrected chi connectivity index (χ1v) is 19.9. The molecule has 0 aromatic carbocycles. The lowest BCUT2D eigenvalue weighted by Gasteiger charge is -2.25. The van der Waals surface area contributed by atoms with Crippen LogP contribution in [0.25, 0.3) is 0 Å². The highest BCUT2D eigenvalue weighted by Gasteiger charge is 2.28. The summed E-state index contributed by atoms with van der Waals surface area (Å²) in [5.74, 6) is 0.282. The predicted molar refractivity (Wildman–Crippen MR) is 224 cm³/mol. The molecule has 280 valence electrons. The molecule has 1 N–H and O–H groups in total. The Bertz CT molecular complexity index is 1200. The van der Waals surface area contributed by atoms with Crippen molar-refractivity contribution < 1.29 is 9.59 Å². The van der Waals surface area contributed by atoms with Crippen LogP contribution in [0.3, 0.4) is 0 Å². The van der Waals surface area contributed by atoms with Crippen LogP contribution in [0.2, 0.25) is 0 Å². The Morgan fingerprint density at radius 2 is 0.882 bits per heavy atom. The summed E-state index contributed by atoms with van der Waals surface area (Å²) < 4.78 is 0. The first kappa shape index (κ1) is 45.1. The van der Waals surface area contributed by atoms with Gasteiger partial charge in [-0.2, -0.15) is 0 Å². The maximum atomic E-state index is 12.9. The Labute approximate surface area is 313 Å². The van der Waals surface area contributed by atoms with Gasteiger partial charge in [-0.25, -0.2) is 0 Å². The average Bonchev–Trinajstić information content (AvgIpc) is 3.62. The third-order valence-corrected chi connectivity index (χ3v) is 8.29. The Morgan fingerprint density at radius 1 is 0.510 bits per heavy atom. The lowest BCUT2D eigenvalue weighted by molar-refractivity contribution is -0.132. The van der Waals surface area contributed by atoms with Gasteiger partial charge in [0.25, 0.3) is 0 Å². The maximum Gasteiger partial charge on any atom is 0.222 e. The molecule has 1 rings (SSSR count). The van der Waals surface area contributed by atoms with Crippen LogP contribution in [0.4, 0.5) is 0 Å². The third kappa shape index (κ3) is 29.5. The zero-order chi connectivity index (χ0) is 36.7. The van der Waals surface area contributed by atoms with Gasteiger partial charge in [0.15, 0.2) is 0 Å². The van der Waals surface area contributed by atoms with Crippen LogP contribution >= 0.6 is 0 Å². The second kappa shape index (κ2) is 35.9. The third-order valence-electron chi connectivity index (χ3n) is 8.29. The molecule has 1 fully saturated rings. The smallest absolute Gasteiger partial charge is 0.222 e. The lowest BCUT2D eigenvalue weighted by Crippen LogP contribution is -2.43. The standard InChI is InChI=1S/C47H70N2O2/c1-3-5-7-9-11-13-15-17-19-21-22-24-25-27-29-31-33-35-37-41-46(50)48-44-45-40-39-43-49(45)47(51)42-38-36-34-32-30-28-26-23-20-18-16-14-12-10-8-6-4-2/h5-8,11-14,17-20,22,24,26-29,32-35,45H,3-4,9-10,15-16,21,23,25,30-31,36-44H2,1-2H3,(H,48,50)/b7-5-,8-6-,13-11-,14-12-,19-17-,20-18-,24-22-,28-26-,29-27-,34-32-,35-33-. The number of nitrogens with one attached hydrogen (secondary N) is 1. The minimum Gasteiger partial charge on any atom is -0.354 e. The number of allylic oxidation sites excluding steroid dienone is 22. The molecule has 0 aromatic rings. The first-order chi connectivity index (χ1) is 25.2. The minimum atomic E-state index is 0.0622. The predicted octanol–water partition coefficient (Wildman–Crippen LogP) is 12.5. The van der Waals surface area contributed by atoms with Crippen molar-refractivity contribution in [1.29, 1.82) is 0 Å². The molecule has 0 aromatic heterocycles. The van der Waals surface area contributed by atoms with Crippen LogP contribution in [0.5, 0.6) is 0 Å². The summed E-state index contributed by atoms with van der Waals surface area (Å²) in [5, 5.41) is 3.07. The summed E-state index contributed by atoms with van der Waals surface area (Å²) in [5.41, 5.74) is 0. The van der Waals surface area contributed by atoms with Crippen molar-refractivity contribution in [2.45, 2.75) is 135 Å². The number of rotatable bonds is 29. The van der Waals surface area contributed by atoms with Crippen LogP contribution < -0.4 is 5.32 Å². The number of unbranched alkanes of at least 4 members (excludes halogenated alkanes) is 1. The molecule has 1 unspecified atom stereocenters. The van der Waals surface area contributed by atoms with E-state index >= 15 is 0 Å². The molecule has 1 saturated heterocycles. The normalized spacial score (nSPS) is 16.2. The molecule has 1 heterocycles. The molecule has 51 heavy (non-hydrogen) atoms. The van der Waals surface area contributed by atoms with E-state index in [9.17, 15) is 9.59 Å².